The largest absolute Gasteiger partial charge is 0.337 e. The van der Waals surface area contributed by atoms with E-state index in [9.17, 15) is 9.59 Å². The molecule has 0 radical (unpaired) electrons. The van der Waals surface area contributed by atoms with Gasteiger partial charge in [0.25, 0.3) is 11.8 Å². The van der Waals surface area contributed by atoms with Crippen molar-refractivity contribution in [2.24, 2.45) is 0 Å². The van der Waals surface area contributed by atoms with Crippen LogP contribution in [0.2, 0.25) is 0 Å². The molecule has 1 saturated heterocycles. The Morgan fingerprint density at radius 3 is 2.54 bits per heavy atom. The second kappa shape index (κ2) is 7.55. The fourth-order valence-corrected chi connectivity index (χ4v) is 3.09. The molecular weight excluding hydrogens is 334 g/mol. The van der Waals surface area contributed by atoms with Gasteiger partial charge >= 0.3 is 6.03 Å². The van der Waals surface area contributed by atoms with Crippen molar-refractivity contribution in [3.63, 3.8) is 0 Å². The Hall–Kier alpha value is -2.90. The van der Waals surface area contributed by atoms with Crippen LogP contribution in [0.3, 0.4) is 0 Å². The smallest absolute Gasteiger partial charge is 0.319 e. The highest BCUT2D eigenvalue weighted by Gasteiger charge is 2.35. The number of nitrogens with zero attached hydrogens (tertiary/aromatic N) is 5. The third kappa shape index (κ3) is 3.68. The minimum Gasteiger partial charge on any atom is -0.337 e. The van der Waals surface area contributed by atoms with Crippen LogP contribution in [0.4, 0.5) is 4.79 Å². The molecule has 1 aromatic carbocycles. The fourth-order valence-electron chi connectivity index (χ4n) is 3.09. The SMILES string of the molecule is Cc1noc(C2CN(C(=O)N(C)C)CCCN2C(=O)c2ccccc2)n1. The summed E-state index contributed by atoms with van der Waals surface area (Å²) in [6.07, 6.45) is 0.682. The highest BCUT2D eigenvalue weighted by atomic mass is 16.5. The molecule has 0 aliphatic carbocycles. The van der Waals surface area contributed by atoms with Gasteiger partial charge in [-0.3, -0.25) is 4.79 Å². The lowest BCUT2D eigenvalue weighted by Gasteiger charge is -2.30. The molecule has 3 amide bonds. The Balaban J connectivity index is 1.93. The van der Waals surface area contributed by atoms with Crippen LogP contribution in [0.25, 0.3) is 0 Å². The van der Waals surface area contributed by atoms with Gasteiger partial charge in [0.15, 0.2) is 5.82 Å². The summed E-state index contributed by atoms with van der Waals surface area (Å²) in [5, 5.41) is 3.86. The molecule has 8 nitrogen and oxygen atoms in total. The number of hydrogen-bond donors (Lipinski definition) is 0. The van der Waals surface area contributed by atoms with Crippen molar-refractivity contribution in [1.29, 1.82) is 0 Å². The van der Waals surface area contributed by atoms with Crippen molar-refractivity contribution in [1.82, 2.24) is 24.8 Å². The van der Waals surface area contributed by atoms with E-state index in [-0.39, 0.29) is 11.9 Å². The average molecular weight is 357 g/mol. The van der Waals surface area contributed by atoms with Crippen LogP contribution < -0.4 is 0 Å². The lowest BCUT2D eigenvalue weighted by Crippen LogP contribution is -2.43. The summed E-state index contributed by atoms with van der Waals surface area (Å²) in [7, 11) is 3.43. The van der Waals surface area contributed by atoms with Crippen molar-refractivity contribution in [2.75, 3.05) is 33.7 Å². The van der Waals surface area contributed by atoms with Gasteiger partial charge in [-0.1, -0.05) is 23.4 Å². The van der Waals surface area contributed by atoms with E-state index in [0.29, 0.717) is 43.3 Å². The summed E-state index contributed by atoms with van der Waals surface area (Å²) in [6, 6.07) is 8.53. The van der Waals surface area contributed by atoms with Crippen molar-refractivity contribution < 1.29 is 14.1 Å². The number of hydrogen-bond acceptors (Lipinski definition) is 5. The minimum atomic E-state index is -0.477. The molecule has 1 aromatic heterocycles. The van der Waals surface area contributed by atoms with Crippen LogP contribution in [-0.2, 0) is 0 Å². The monoisotopic (exact) mass is 357 g/mol. The number of carbonyl (C=O) groups excluding carboxylic acids is 2. The number of rotatable bonds is 2. The third-order valence-electron chi connectivity index (χ3n) is 4.36. The van der Waals surface area contributed by atoms with E-state index < -0.39 is 6.04 Å². The summed E-state index contributed by atoms with van der Waals surface area (Å²) in [4.78, 5) is 34.8. The number of urea groups is 1. The molecular formula is C18H23N5O3. The lowest BCUT2D eigenvalue weighted by molar-refractivity contribution is 0.0636. The first-order valence-corrected chi connectivity index (χ1v) is 8.60. The van der Waals surface area contributed by atoms with Gasteiger partial charge in [0.1, 0.15) is 6.04 Å². The second-order valence-electron chi connectivity index (χ2n) is 6.54. The molecule has 138 valence electrons. The van der Waals surface area contributed by atoms with Gasteiger partial charge in [-0.15, -0.1) is 0 Å². The van der Waals surface area contributed by atoms with Gasteiger partial charge in [-0.25, -0.2) is 4.79 Å². The molecule has 0 spiro atoms. The molecule has 1 atom stereocenters. The average Bonchev–Trinajstić information content (AvgIpc) is 2.95. The van der Waals surface area contributed by atoms with Gasteiger partial charge in [0.2, 0.25) is 0 Å². The van der Waals surface area contributed by atoms with Crippen LogP contribution in [0, 0.1) is 6.92 Å². The van der Waals surface area contributed by atoms with E-state index in [1.54, 1.807) is 43.0 Å². The van der Waals surface area contributed by atoms with Crippen molar-refractivity contribution >= 4 is 11.9 Å². The Bertz CT molecular complexity index is 774. The molecule has 1 unspecified atom stereocenters. The maximum absolute atomic E-state index is 13.1. The van der Waals surface area contributed by atoms with E-state index in [1.807, 2.05) is 18.2 Å². The molecule has 0 N–H and O–H groups in total. The molecule has 1 fully saturated rings. The first-order chi connectivity index (χ1) is 12.5. The van der Waals surface area contributed by atoms with E-state index in [1.165, 1.54) is 4.90 Å². The normalized spacial score (nSPS) is 17.7. The minimum absolute atomic E-state index is 0.0970. The van der Waals surface area contributed by atoms with Crippen LogP contribution in [0.1, 0.15) is 34.5 Å². The molecule has 0 saturated carbocycles. The van der Waals surface area contributed by atoms with Crippen molar-refractivity contribution in [2.45, 2.75) is 19.4 Å². The van der Waals surface area contributed by atoms with E-state index in [4.69, 9.17) is 4.52 Å². The Kier molecular flexibility index (Phi) is 5.20. The van der Waals surface area contributed by atoms with Gasteiger partial charge < -0.3 is 19.2 Å². The number of aryl methyl sites for hydroxylation is 1. The predicted octanol–water partition coefficient (Wildman–Crippen LogP) is 1.95. The van der Waals surface area contributed by atoms with Crippen LogP contribution in [-0.4, -0.2) is 70.5 Å². The van der Waals surface area contributed by atoms with E-state index >= 15 is 0 Å². The molecule has 2 heterocycles. The Labute approximate surface area is 152 Å². The quantitative estimate of drug-likeness (QED) is 0.820. The van der Waals surface area contributed by atoms with Gasteiger partial charge in [0.05, 0.1) is 6.54 Å². The molecule has 1 aliphatic heterocycles. The first-order valence-electron chi connectivity index (χ1n) is 8.60. The molecule has 8 heteroatoms. The van der Waals surface area contributed by atoms with Crippen LogP contribution >= 0.6 is 0 Å². The van der Waals surface area contributed by atoms with Gasteiger partial charge in [-0.2, -0.15) is 4.98 Å². The molecule has 0 bridgehead atoms. The topological polar surface area (TPSA) is 82.8 Å². The van der Waals surface area contributed by atoms with Gasteiger partial charge in [-0.05, 0) is 25.5 Å². The standard InChI is InChI=1S/C18H23N5O3/c1-13-19-16(26-20-13)15-12-22(18(25)21(2)3)10-7-11-23(15)17(24)14-8-5-4-6-9-14/h4-6,8-9,15H,7,10-12H2,1-3H3. The maximum atomic E-state index is 13.1. The van der Waals surface area contributed by atoms with Crippen LogP contribution in [0.5, 0.6) is 0 Å². The van der Waals surface area contributed by atoms with Crippen molar-refractivity contribution in [3.05, 3.63) is 47.6 Å². The molecule has 2 aromatic rings. The summed E-state index contributed by atoms with van der Waals surface area (Å²) in [5.41, 5.74) is 0.598. The van der Waals surface area contributed by atoms with E-state index in [2.05, 4.69) is 10.1 Å². The number of carbonyl (C=O) groups is 2. The summed E-state index contributed by atoms with van der Waals surface area (Å²) in [6.45, 7) is 3.13. The number of benzene rings is 1. The number of amides is 3. The molecule has 1 aliphatic rings. The highest BCUT2D eigenvalue weighted by molar-refractivity contribution is 5.94. The van der Waals surface area contributed by atoms with Crippen LogP contribution in [0.15, 0.2) is 34.9 Å². The fraction of sp³-hybridized carbons (Fsp3) is 0.444. The summed E-state index contributed by atoms with van der Waals surface area (Å²) >= 11 is 0. The summed E-state index contributed by atoms with van der Waals surface area (Å²) in [5.74, 6) is 0.748. The summed E-state index contributed by atoms with van der Waals surface area (Å²) < 4.78 is 5.36. The third-order valence-corrected chi connectivity index (χ3v) is 4.36. The Morgan fingerprint density at radius 2 is 1.92 bits per heavy atom. The molecule has 26 heavy (non-hydrogen) atoms. The van der Waals surface area contributed by atoms with E-state index in [0.717, 1.165) is 0 Å². The predicted molar refractivity (Wildman–Crippen MR) is 94.5 cm³/mol. The first kappa shape index (κ1) is 17.9. The maximum Gasteiger partial charge on any atom is 0.319 e. The Morgan fingerprint density at radius 1 is 1.19 bits per heavy atom. The lowest BCUT2D eigenvalue weighted by atomic mass is 10.1. The number of aromatic nitrogens is 2. The highest BCUT2D eigenvalue weighted by Crippen LogP contribution is 2.26. The zero-order chi connectivity index (χ0) is 18.7. The molecule has 3 rings (SSSR count). The van der Waals surface area contributed by atoms with Gasteiger partial charge in [0, 0.05) is 32.7 Å². The zero-order valence-corrected chi connectivity index (χ0v) is 15.3. The van der Waals surface area contributed by atoms with Crippen molar-refractivity contribution in [3.8, 4) is 0 Å². The zero-order valence-electron chi connectivity index (χ0n) is 15.3. The second-order valence-corrected chi connectivity index (χ2v) is 6.54.